The van der Waals surface area contributed by atoms with Gasteiger partial charge in [0.25, 0.3) is 0 Å². The molecule has 1 rings (SSSR count). The van der Waals surface area contributed by atoms with Crippen LogP contribution in [0.15, 0.2) is 29.2 Å². The van der Waals surface area contributed by atoms with E-state index in [0.29, 0.717) is 11.4 Å². The number of hydrogen-bond donors (Lipinski definition) is 1. The van der Waals surface area contributed by atoms with Crippen molar-refractivity contribution in [3.05, 3.63) is 24.3 Å². The lowest BCUT2D eigenvalue weighted by atomic mass is 10.3. The number of rotatable bonds is 4. The van der Waals surface area contributed by atoms with Gasteiger partial charge < -0.3 is 5.32 Å². The molecule has 6 heteroatoms. The fourth-order valence-electron chi connectivity index (χ4n) is 1.26. The molecule has 4 nitrogen and oxygen atoms in total. The molecule has 0 aliphatic heterocycles. The topological polar surface area (TPSA) is 63.2 Å². The van der Waals surface area contributed by atoms with Gasteiger partial charge in [-0.25, -0.2) is 8.42 Å². The quantitative estimate of drug-likeness (QED) is 0.928. The van der Waals surface area contributed by atoms with Crippen LogP contribution < -0.4 is 5.32 Å². The second kappa shape index (κ2) is 5.96. The van der Waals surface area contributed by atoms with E-state index in [1.54, 1.807) is 23.9 Å². The summed E-state index contributed by atoms with van der Waals surface area (Å²) in [5.41, 5.74) is 0.604. The van der Waals surface area contributed by atoms with E-state index in [0.717, 1.165) is 6.26 Å². The molecule has 1 aromatic rings. The number of amides is 1. The minimum absolute atomic E-state index is 0.0392. The van der Waals surface area contributed by atoms with Crippen LogP contribution in [0.5, 0.6) is 0 Å². The summed E-state index contributed by atoms with van der Waals surface area (Å²) < 4.78 is 22.6. The average molecular weight is 301 g/mol. The minimum atomic E-state index is -3.19. The Morgan fingerprint density at radius 2 is 1.74 bits per heavy atom. The Morgan fingerprint density at radius 3 is 2.16 bits per heavy atom. The SMILES string of the molecule is CC(C)(C)SCC(=O)Nc1ccc(S(C)(=O)=O)cc1. The monoisotopic (exact) mass is 301 g/mol. The van der Waals surface area contributed by atoms with Crippen molar-refractivity contribution in [3.63, 3.8) is 0 Å². The minimum Gasteiger partial charge on any atom is -0.325 e. The molecule has 0 fully saturated rings. The molecule has 0 radical (unpaired) electrons. The molecule has 0 aliphatic rings. The Kier molecular flexibility index (Phi) is 5.04. The fourth-order valence-corrected chi connectivity index (χ4v) is 2.53. The van der Waals surface area contributed by atoms with Gasteiger partial charge in [0.1, 0.15) is 0 Å². The highest BCUT2D eigenvalue weighted by atomic mass is 32.2. The predicted octanol–water partition coefficient (Wildman–Crippen LogP) is 2.56. The molecule has 0 saturated heterocycles. The molecule has 1 aromatic carbocycles. The molecular formula is C13H19NO3S2. The molecule has 0 saturated carbocycles. The second-order valence-electron chi connectivity index (χ2n) is 5.25. The Labute approximate surface area is 118 Å². The summed E-state index contributed by atoms with van der Waals surface area (Å²) in [5, 5.41) is 2.74. The lowest BCUT2D eigenvalue weighted by Gasteiger charge is -2.17. The lowest BCUT2D eigenvalue weighted by Crippen LogP contribution is -2.18. The Bertz CT molecular complexity index is 542. The molecule has 0 aliphatic carbocycles. The van der Waals surface area contributed by atoms with Gasteiger partial charge in [0.05, 0.1) is 10.6 Å². The molecule has 0 unspecified atom stereocenters. The lowest BCUT2D eigenvalue weighted by molar-refractivity contribution is -0.113. The summed E-state index contributed by atoms with van der Waals surface area (Å²) in [6.07, 6.45) is 1.15. The first kappa shape index (κ1) is 16.0. The van der Waals surface area contributed by atoms with Gasteiger partial charge in [0.15, 0.2) is 9.84 Å². The summed E-state index contributed by atoms with van der Waals surface area (Å²) in [4.78, 5) is 11.9. The molecule has 1 N–H and O–H groups in total. The smallest absolute Gasteiger partial charge is 0.234 e. The summed E-state index contributed by atoms with van der Waals surface area (Å²) in [6.45, 7) is 6.14. The molecule has 0 bridgehead atoms. The van der Waals surface area contributed by atoms with Crippen molar-refractivity contribution < 1.29 is 13.2 Å². The van der Waals surface area contributed by atoms with E-state index in [-0.39, 0.29) is 15.5 Å². The van der Waals surface area contributed by atoms with Crippen molar-refractivity contribution in [3.8, 4) is 0 Å². The van der Waals surface area contributed by atoms with Gasteiger partial charge in [-0.3, -0.25) is 4.79 Å². The van der Waals surface area contributed by atoms with E-state index in [4.69, 9.17) is 0 Å². The van der Waals surface area contributed by atoms with Crippen molar-refractivity contribution in [2.75, 3.05) is 17.3 Å². The van der Waals surface area contributed by atoms with Crippen molar-refractivity contribution >= 4 is 33.2 Å². The number of anilines is 1. The van der Waals surface area contributed by atoms with Gasteiger partial charge in [-0.05, 0) is 24.3 Å². The molecule has 0 atom stereocenters. The first-order chi connectivity index (χ1) is 8.58. The van der Waals surface area contributed by atoms with Crippen LogP contribution >= 0.6 is 11.8 Å². The van der Waals surface area contributed by atoms with Crippen molar-refractivity contribution in [1.82, 2.24) is 0 Å². The molecule has 19 heavy (non-hydrogen) atoms. The third kappa shape index (κ3) is 6.11. The van der Waals surface area contributed by atoms with Gasteiger partial charge in [0.2, 0.25) is 5.91 Å². The number of sulfone groups is 1. The molecule has 1 amide bonds. The van der Waals surface area contributed by atoms with E-state index >= 15 is 0 Å². The summed E-state index contributed by atoms with van der Waals surface area (Å²) in [7, 11) is -3.19. The maximum atomic E-state index is 11.7. The highest BCUT2D eigenvalue weighted by Crippen LogP contribution is 2.23. The number of hydrogen-bond acceptors (Lipinski definition) is 4. The van der Waals surface area contributed by atoms with Gasteiger partial charge in [-0.15, -0.1) is 11.8 Å². The predicted molar refractivity (Wildman–Crippen MR) is 80.4 cm³/mol. The number of nitrogens with one attached hydrogen (secondary N) is 1. The number of carbonyl (C=O) groups is 1. The van der Waals surface area contributed by atoms with E-state index < -0.39 is 9.84 Å². The number of carbonyl (C=O) groups excluding carboxylic acids is 1. The first-order valence-corrected chi connectivity index (χ1v) is 8.69. The maximum Gasteiger partial charge on any atom is 0.234 e. The number of thioether (sulfide) groups is 1. The normalized spacial score (nSPS) is 12.2. The van der Waals surface area contributed by atoms with E-state index in [2.05, 4.69) is 5.32 Å². The molecule has 0 aromatic heterocycles. The Balaban J connectivity index is 2.61. The zero-order valence-corrected chi connectivity index (χ0v) is 13.2. The number of benzene rings is 1. The molecule has 0 heterocycles. The third-order valence-corrected chi connectivity index (χ3v) is 4.60. The maximum absolute atomic E-state index is 11.7. The van der Waals surface area contributed by atoms with Crippen molar-refractivity contribution in [2.45, 2.75) is 30.4 Å². The zero-order chi connectivity index (χ0) is 14.7. The van der Waals surface area contributed by atoms with Crippen molar-refractivity contribution in [2.24, 2.45) is 0 Å². The zero-order valence-electron chi connectivity index (χ0n) is 11.6. The molecular weight excluding hydrogens is 282 g/mol. The summed E-state index contributed by atoms with van der Waals surface area (Å²) in [6, 6.07) is 6.16. The van der Waals surface area contributed by atoms with Crippen LogP contribution in [0.25, 0.3) is 0 Å². The summed E-state index contributed by atoms with van der Waals surface area (Å²) >= 11 is 1.56. The van der Waals surface area contributed by atoms with Gasteiger partial charge >= 0.3 is 0 Å². The first-order valence-electron chi connectivity index (χ1n) is 5.82. The molecule has 0 spiro atoms. The standard InChI is InChI=1S/C13H19NO3S2/c1-13(2,3)18-9-12(15)14-10-5-7-11(8-6-10)19(4,16)17/h5-8H,9H2,1-4H3,(H,14,15). The van der Waals surface area contributed by atoms with Crippen LogP contribution in [0.3, 0.4) is 0 Å². The Morgan fingerprint density at radius 1 is 1.21 bits per heavy atom. The molecule has 106 valence electrons. The second-order valence-corrected chi connectivity index (χ2v) is 9.06. The van der Waals surface area contributed by atoms with Crippen LogP contribution in [0.1, 0.15) is 20.8 Å². The third-order valence-electron chi connectivity index (χ3n) is 2.20. The van der Waals surface area contributed by atoms with Crippen LogP contribution in [0.2, 0.25) is 0 Å². The van der Waals surface area contributed by atoms with Gasteiger partial charge in [-0.1, -0.05) is 20.8 Å². The Hall–Kier alpha value is -1.01. The van der Waals surface area contributed by atoms with E-state index in [1.165, 1.54) is 12.1 Å². The van der Waals surface area contributed by atoms with E-state index in [1.807, 2.05) is 20.8 Å². The van der Waals surface area contributed by atoms with Crippen LogP contribution in [-0.2, 0) is 14.6 Å². The van der Waals surface area contributed by atoms with Gasteiger partial charge in [-0.2, -0.15) is 0 Å². The fraction of sp³-hybridized carbons (Fsp3) is 0.462. The average Bonchev–Trinajstić information content (AvgIpc) is 2.25. The van der Waals surface area contributed by atoms with Crippen molar-refractivity contribution in [1.29, 1.82) is 0 Å². The van der Waals surface area contributed by atoms with E-state index in [9.17, 15) is 13.2 Å². The summed E-state index contributed by atoms with van der Waals surface area (Å²) in [5.74, 6) is 0.282. The van der Waals surface area contributed by atoms with Crippen LogP contribution in [0.4, 0.5) is 5.69 Å². The van der Waals surface area contributed by atoms with Crippen LogP contribution in [0, 0.1) is 0 Å². The van der Waals surface area contributed by atoms with Gasteiger partial charge in [0, 0.05) is 16.7 Å². The van der Waals surface area contributed by atoms with Crippen LogP contribution in [-0.4, -0.2) is 31.1 Å². The highest BCUT2D eigenvalue weighted by molar-refractivity contribution is 8.01. The highest BCUT2D eigenvalue weighted by Gasteiger charge is 2.13. The largest absolute Gasteiger partial charge is 0.325 e.